The van der Waals surface area contributed by atoms with Crippen molar-refractivity contribution in [3.8, 4) is 0 Å². The minimum atomic E-state index is 0.122. The highest BCUT2D eigenvalue weighted by Gasteiger charge is 2.25. The van der Waals surface area contributed by atoms with E-state index in [1.807, 2.05) is 21.9 Å². The first-order valence-electron chi connectivity index (χ1n) is 9.48. The molecule has 0 radical (unpaired) electrons. The van der Waals surface area contributed by atoms with Gasteiger partial charge in [0.1, 0.15) is 18.2 Å². The molecule has 26 heavy (non-hydrogen) atoms. The van der Waals surface area contributed by atoms with Crippen LogP contribution in [-0.2, 0) is 24.3 Å². The van der Waals surface area contributed by atoms with Crippen LogP contribution in [-0.4, -0.2) is 43.4 Å². The fourth-order valence-corrected chi connectivity index (χ4v) is 3.82. The molecule has 1 amide bonds. The summed E-state index contributed by atoms with van der Waals surface area (Å²) in [7, 11) is 0. The highest BCUT2D eigenvalue weighted by molar-refractivity contribution is 5.76. The number of carbonyl (C=O) groups is 1. The summed E-state index contributed by atoms with van der Waals surface area (Å²) in [5, 5.41) is 3.45. The first kappa shape index (κ1) is 17.1. The van der Waals surface area contributed by atoms with Crippen LogP contribution < -0.4 is 5.32 Å². The fourth-order valence-electron chi connectivity index (χ4n) is 3.82. The predicted octanol–water partition coefficient (Wildman–Crippen LogP) is 1.81. The van der Waals surface area contributed by atoms with Crippen molar-refractivity contribution < 1.29 is 4.79 Å². The summed E-state index contributed by atoms with van der Waals surface area (Å²) in [6.45, 7) is 6.88. The summed E-state index contributed by atoms with van der Waals surface area (Å²) in [5.41, 5.74) is 2.17. The molecule has 2 aromatic heterocycles. The molecule has 1 N–H and O–H groups in total. The van der Waals surface area contributed by atoms with Gasteiger partial charge in [0.2, 0.25) is 5.91 Å². The molecular formula is C19H26N6O. The van der Waals surface area contributed by atoms with Crippen molar-refractivity contribution in [2.75, 3.05) is 13.1 Å². The van der Waals surface area contributed by atoms with Gasteiger partial charge in [-0.3, -0.25) is 4.79 Å². The highest BCUT2D eigenvalue weighted by Crippen LogP contribution is 2.23. The van der Waals surface area contributed by atoms with Crippen LogP contribution in [0.25, 0.3) is 0 Å². The van der Waals surface area contributed by atoms with Gasteiger partial charge in [-0.25, -0.2) is 15.0 Å². The maximum atomic E-state index is 12.8. The molecule has 2 aliphatic rings. The highest BCUT2D eigenvalue weighted by atomic mass is 16.2. The Kier molecular flexibility index (Phi) is 4.72. The molecule has 0 aromatic carbocycles. The number of nitrogens with zero attached hydrogens (tertiary/aromatic N) is 5. The summed E-state index contributed by atoms with van der Waals surface area (Å²) in [6.07, 6.45) is 8.64. The first-order chi connectivity index (χ1) is 12.6. The minimum Gasteiger partial charge on any atom is -0.336 e. The number of carbonyl (C=O) groups excluding carboxylic acids is 1. The molecule has 0 saturated carbocycles. The van der Waals surface area contributed by atoms with Gasteiger partial charge in [-0.15, -0.1) is 0 Å². The third-order valence-electron chi connectivity index (χ3n) is 5.25. The van der Waals surface area contributed by atoms with Crippen molar-refractivity contribution in [2.45, 2.75) is 58.2 Å². The van der Waals surface area contributed by atoms with Gasteiger partial charge in [-0.1, -0.05) is 13.8 Å². The Morgan fingerprint density at radius 1 is 1.38 bits per heavy atom. The Morgan fingerprint density at radius 3 is 3.04 bits per heavy atom. The third kappa shape index (κ3) is 3.35. The van der Waals surface area contributed by atoms with E-state index in [0.717, 1.165) is 42.3 Å². The number of aromatic nitrogens is 4. The largest absolute Gasteiger partial charge is 0.336 e. The molecule has 4 heterocycles. The van der Waals surface area contributed by atoms with Crippen LogP contribution >= 0.6 is 0 Å². The number of fused-ring (bicyclic) bond motifs is 1. The van der Waals surface area contributed by atoms with Crippen molar-refractivity contribution in [2.24, 2.45) is 0 Å². The van der Waals surface area contributed by atoms with E-state index in [4.69, 9.17) is 4.98 Å². The second-order valence-electron chi connectivity index (χ2n) is 7.48. The maximum Gasteiger partial charge on any atom is 0.242 e. The van der Waals surface area contributed by atoms with Gasteiger partial charge in [-0.05, 0) is 19.4 Å². The molecule has 0 unspecified atom stereocenters. The zero-order valence-corrected chi connectivity index (χ0v) is 15.5. The lowest BCUT2D eigenvalue weighted by molar-refractivity contribution is -0.132. The lowest BCUT2D eigenvalue weighted by atomic mass is 10.1. The number of rotatable bonds is 4. The summed E-state index contributed by atoms with van der Waals surface area (Å²) in [5.74, 6) is 2.28. The van der Waals surface area contributed by atoms with Gasteiger partial charge in [0, 0.05) is 49.6 Å². The first-order valence-corrected chi connectivity index (χ1v) is 9.48. The van der Waals surface area contributed by atoms with Crippen LogP contribution in [0.4, 0.5) is 0 Å². The summed E-state index contributed by atoms with van der Waals surface area (Å²) in [4.78, 5) is 28.4. The molecule has 2 aromatic rings. The van der Waals surface area contributed by atoms with Crippen LogP contribution in [0.15, 0.2) is 18.6 Å². The second-order valence-corrected chi connectivity index (χ2v) is 7.48. The van der Waals surface area contributed by atoms with Gasteiger partial charge >= 0.3 is 0 Å². The summed E-state index contributed by atoms with van der Waals surface area (Å²) < 4.78 is 1.95. The molecule has 0 bridgehead atoms. The zero-order chi connectivity index (χ0) is 18.1. The molecule has 0 aliphatic carbocycles. The van der Waals surface area contributed by atoms with E-state index < -0.39 is 0 Å². The zero-order valence-electron chi connectivity index (χ0n) is 15.5. The van der Waals surface area contributed by atoms with Crippen LogP contribution in [0.5, 0.6) is 0 Å². The quantitative estimate of drug-likeness (QED) is 0.906. The number of hydrogen-bond acceptors (Lipinski definition) is 5. The van der Waals surface area contributed by atoms with Gasteiger partial charge in [0.15, 0.2) is 0 Å². The molecule has 7 heteroatoms. The number of nitrogens with one attached hydrogen (secondary N) is 1. The maximum absolute atomic E-state index is 12.8. The van der Waals surface area contributed by atoms with E-state index in [2.05, 4.69) is 29.1 Å². The fraction of sp³-hybridized carbons (Fsp3) is 0.579. The minimum absolute atomic E-state index is 0.122. The van der Waals surface area contributed by atoms with Crippen molar-refractivity contribution in [1.29, 1.82) is 0 Å². The summed E-state index contributed by atoms with van der Waals surface area (Å²) >= 11 is 0. The molecule has 2 aliphatic heterocycles. The molecule has 4 rings (SSSR count). The average molecular weight is 354 g/mol. The topological polar surface area (TPSA) is 75.9 Å². The molecule has 1 atom stereocenters. The van der Waals surface area contributed by atoms with E-state index >= 15 is 0 Å². The predicted molar refractivity (Wildman–Crippen MR) is 97.4 cm³/mol. The van der Waals surface area contributed by atoms with E-state index in [1.165, 1.54) is 6.42 Å². The van der Waals surface area contributed by atoms with E-state index in [9.17, 15) is 4.79 Å². The summed E-state index contributed by atoms with van der Waals surface area (Å²) in [6, 6.07) is 0.288. The van der Waals surface area contributed by atoms with Crippen molar-refractivity contribution in [3.05, 3.63) is 41.5 Å². The lowest BCUT2D eigenvalue weighted by Gasteiger charge is -2.29. The Morgan fingerprint density at radius 2 is 2.27 bits per heavy atom. The average Bonchev–Trinajstić information content (AvgIpc) is 3.32. The smallest absolute Gasteiger partial charge is 0.242 e. The lowest BCUT2D eigenvalue weighted by Crippen LogP contribution is -2.38. The van der Waals surface area contributed by atoms with Gasteiger partial charge < -0.3 is 14.8 Å². The third-order valence-corrected chi connectivity index (χ3v) is 5.25. The van der Waals surface area contributed by atoms with Gasteiger partial charge in [0.05, 0.1) is 11.7 Å². The van der Waals surface area contributed by atoms with Crippen LogP contribution in [0.1, 0.15) is 61.6 Å². The number of hydrogen-bond donors (Lipinski definition) is 1. The SMILES string of the molecule is CC(C)c1nccn1CC(=O)N1CCc2nc([C@H]3CCCN3)ncc2C1. The Balaban J connectivity index is 1.44. The van der Waals surface area contributed by atoms with Gasteiger partial charge in [-0.2, -0.15) is 0 Å². The number of amides is 1. The molecule has 7 nitrogen and oxygen atoms in total. The van der Waals surface area contributed by atoms with E-state index in [-0.39, 0.29) is 11.9 Å². The normalized spacial score (nSPS) is 19.8. The van der Waals surface area contributed by atoms with Gasteiger partial charge in [0.25, 0.3) is 0 Å². The van der Waals surface area contributed by atoms with Crippen LogP contribution in [0.3, 0.4) is 0 Å². The van der Waals surface area contributed by atoms with Crippen molar-refractivity contribution >= 4 is 5.91 Å². The standard InChI is InChI=1S/C19H26N6O/c1-13(2)19-21-7-9-25(19)12-17(26)24-8-5-15-14(11-24)10-22-18(23-15)16-4-3-6-20-16/h7,9-10,13,16,20H,3-6,8,11-12H2,1-2H3/t16-/m1/s1. The molecule has 0 spiro atoms. The monoisotopic (exact) mass is 354 g/mol. The molecule has 1 saturated heterocycles. The molecular weight excluding hydrogens is 328 g/mol. The Labute approximate surface area is 153 Å². The van der Waals surface area contributed by atoms with Crippen molar-refractivity contribution in [3.63, 3.8) is 0 Å². The van der Waals surface area contributed by atoms with Crippen LogP contribution in [0, 0.1) is 0 Å². The van der Waals surface area contributed by atoms with Crippen molar-refractivity contribution in [1.82, 2.24) is 29.7 Å². The molecule has 138 valence electrons. The van der Waals surface area contributed by atoms with E-state index in [0.29, 0.717) is 25.6 Å². The number of imidazole rings is 1. The molecule has 1 fully saturated rings. The second kappa shape index (κ2) is 7.15. The van der Waals surface area contributed by atoms with Crippen LogP contribution in [0.2, 0.25) is 0 Å². The van der Waals surface area contributed by atoms with E-state index in [1.54, 1.807) is 6.20 Å². The Bertz CT molecular complexity index is 793. The Hall–Kier alpha value is -2.28.